The fourth-order valence-corrected chi connectivity index (χ4v) is 8.32. The Kier molecular flexibility index (Phi) is 8.16. The van der Waals surface area contributed by atoms with Gasteiger partial charge in [0, 0.05) is 22.6 Å². The van der Waals surface area contributed by atoms with E-state index in [-0.39, 0.29) is 0 Å². The third-order valence-corrected chi connectivity index (χ3v) is 10.8. The molecule has 0 aliphatic carbocycles. The summed E-state index contributed by atoms with van der Waals surface area (Å²) in [5.41, 5.74) is 3.26. The lowest BCUT2D eigenvalue weighted by molar-refractivity contribution is 0.168. The van der Waals surface area contributed by atoms with E-state index in [0.29, 0.717) is 22.8 Å². The molecule has 2 heterocycles. The van der Waals surface area contributed by atoms with Gasteiger partial charge in [0.15, 0.2) is 0 Å². The molecule has 36 heavy (non-hydrogen) atoms. The van der Waals surface area contributed by atoms with Crippen LogP contribution in [-0.2, 0) is 15.4 Å². The zero-order valence-electron chi connectivity index (χ0n) is 20.8. The van der Waals surface area contributed by atoms with Crippen LogP contribution in [0.25, 0.3) is 0 Å². The molecule has 3 aromatic carbocycles. The third-order valence-electron chi connectivity index (χ3n) is 7.91. The lowest BCUT2D eigenvalue weighted by Crippen LogP contribution is -2.43. The zero-order chi connectivity index (χ0) is 24.8. The summed E-state index contributed by atoms with van der Waals surface area (Å²) < 4.78 is 28.1. The smallest absolute Gasteiger partial charge is 0.240 e. The number of likely N-dealkylation sites (tertiary alicyclic amines) is 1. The van der Waals surface area contributed by atoms with Crippen molar-refractivity contribution in [3.05, 3.63) is 96.1 Å². The molecule has 0 bridgehead atoms. The van der Waals surface area contributed by atoms with E-state index in [1.54, 1.807) is 29.8 Å². The first-order valence-electron chi connectivity index (χ1n) is 13.1. The first kappa shape index (κ1) is 25.5. The van der Waals surface area contributed by atoms with Crippen LogP contribution in [0.4, 0.5) is 0 Å². The van der Waals surface area contributed by atoms with Crippen LogP contribution in [0.1, 0.15) is 49.1 Å². The molecule has 0 radical (unpaired) electrons. The Bertz CT molecular complexity index is 1220. The van der Waals surface area contributed by atoms with Crippen molar-refractivity contribution in [2.24, 2.45) is 0 Å². The van der Waals surface area contributed by atoms with Crippen molar-refractivity contribution in [1.29, 1.82) is 0 Å². The summed E-state index contributed by atoms with van der Waals surface area (Å²) in [7, 11) is -3.47. The molecule has 1 fully saturated rings. The lowest BCUT2D eigenvalue weighted by atomic mass is 9.74. The normalized spacial score (nSPS) is 18.2. The van der Waals surface area contributed by atoms with Gasteiger partial charge in [0.1, 0.15) is 0 Å². The van der Waals surface area contributed by atoms with Gasteiger partial charge in [0.2, 0.25) is 10.0 Å². The van der Waals surface area contributed by atoms with E-state index < -0.39 is 10.0 Å². The van der Waals surface area contributed by atoms with Gasteiger partial charge >= 0.3 is 0 Å². The summed E-state index contributed by atoms with van der Waals surface area (Å²) in [6.45, 7) is 3.90. The SMILES string of the molecule is O=S(=O)(NCCC(CCCN1CCC2(CC1)CSc1ccccc12)c1ccccc1)c1ccccc1. The van der Waals surface area contributed by atoms with Gasteiger partial charge in [-0.3, -0.25) is 0 Å². The number of thioether (sulfide) groups is 1. The molecule has 2 aliphatic rings. The van der Waals surface area contributed by atoms with E-state index in [1.165, 1.54) is 42.1 Å². The average Bonchev–Trinajstić information content (AvgIpc) is 3.28. The average molecular weight is 521 g/mol. The maximum absolute atomic E-state index is 12.6. The first-order chi connectivity index (χ1) is 17.6. The number of piperidine rings is 1. The van der Waals surface area contributed by atoms with Crippen molar-refractivity contribution in [3.63, 3.8) is 0 Å². The second-order valence-electron chi connectivity index (χ2n) is 10.2. The third kappa shape index (κ3) is 5.88. The summed E-state index contributed by atoms with van der Waals surface area (Å²) in [6.07, 6.45) is 5.49. The highest BCUT2D eigenvalue weighted by Gasteiger charge is 2.41. The molecule has 1 N–H and O–H groups in total. The monoisotopic (exact) mass is 520 g/mol. The van der Waals surface area contributed by atoms with Gasteiger partial charge in [-0.2, -0.15) is 0 Å². The number of hydrogen-bond donors (Lipinski definition) is 1. The zero-order valence-corrected chi connectivity index (χ0v) is 22.4. The fraction of sp³-hybridized carbons (Fsp3) is 0.400. The molecule has 6 heteroatoms. The maximum Gasteiger partial charge on any atom is 0.240 e. The van der Waals surface area contributed by atoms with Crippen molar-refractivity contribution >= 4 is 21.8 Å². The molecule has 190 valence electrons. The van der Waals surface area contributed by atoms with Crippen molar-refractivity contribution in [3.8, 4) is 0 Å². The van der Waals surface area contributed by atoms with Gasteiger partial charge in [-0.1, -0.05) is 66.7 Å². The minimum atomic E-state index is -3.47. The number of rotatable bonds is 10. The molecule has 0 amide bonds. The summed E-state index contributed by atoms with van der Waals surface area (Å²) in [5, 5.41) is 0. The minimum Gasteiger partial charge on any atom is -0.303 e. The molecule has 3 aromatic rings. The van der Waals surface area contributed by atoms with Crippen LogP contribution in [0.3, 0.4) is 0 Å². The van der Waals surface area contributed by atoms with Crippen molar-refractivity contribution in [2.75, 3.05) is 31.9 Å². The summed E-state index contributed by atoms with van der Waals surface area (Å²) in [5.74, 6) is 1.58. The Morgan fingerprint density at radius 3 is 2.28 bits per heavy atom. The van der Waals surface area contributed by atoms with Crippen LogP contribution < -0.4 is 4.72 Å². The summed E-state index contributed by atoms with van der Waals surface area (Å²) in [4.78, 5) is 4.45. The van der Waals surface area contributed by atoms with Gasteiger partial charge in [-0.25, -0.2) is 13.1 Å². The van der Waals surface area contributed by atoms with Gasteiger partial charge in [0.05, 0.1) is 4.90 Å². The topological polar surface area (TPSA) is 49.4 Å². The van der Waals surface area contributed by atoms with Crippen molar-refractivity contribution in [2.45, 2.75) is 53.2 Å². The van der Waals surface area contributed by atoms with Crippen LogP contribution in [-0.4, -0.2) is 45.2 Å². The molecule has 1 saturated heterocycles. The van der Waals surface area contributed by atoms with Crippen molar-refractivity contribution in [1.82, 2.24) is 9.62 Å². The highest BCUT2D eigenvalue weighted by Crippen LogP contribution is 2.49. The Morgan fingerprint density at radius 2 is 1.53 bits per heavy atom. The van der Waals surface area contributed by atoms with E-state index in [9.17, 15) is 8.42 Å². The number of nitrogens with one attached hydrogen (secondary N) is 1. The highest BCUT2D eigenvalue weighted by atomic mass is 32.2. The number of benzene rings is 3. The quantitative estimate of drug-likeness (QED) is 0.353. The molecule has 2 aliphatic heterocycles. The standard InChI is InChI=1S/C30H36N2O2S2/c33-36(34,27-13-5-2-6-14-27)31-20-17-26(25-10-3-1-4-11-25)12-9-21-32-22-18-30(19-23-32)24-35-29-16-8-7-15-28(29)30/h1-8,10-11,13-16,26,31H,9,12,17-24H2. The minimum absolute atomic E-state index is 0.326. The van der Waals surface area contributed by atoms with Crippen molar-refractivity contribution < 1.29 is 8.42 Å². The van der Waals surface area contributed by atoms with Crippen LogP contribution in [0.2, 0.25) is 0 Å². The molecule has 0 aromatic heterocycles. The Labute approximate surface area is 220 Å². The van der Waals surface area contributed by atoms with Gasteiger partial charge in [-0.05, 0) is 87.0 Å². The molecule has 4 nitrogen and oxygen atoms in total. The van der Waals surface area contributed by atoms with Crippen LogP contribution in [0.15, 0.2) is 94.7 Å². The highest BCUT2D eigenvalue weighted by molar-refractivity contribution is 7.99. The second kappa shape index (κ2) is 11.5. The molecule has 1 unspecified atom stereocenters. The number of fused-ring (bicyclic) bond motifs is 2. The molecule has 1 spiro atoms. The number of nitrogens with zero attached hydrogens (tertiary/aromatic N) is 1. The largest absolute Gasteiger partial charge is 0.303 e. The van der Waals surface area contributed by atoms with Gasteiger partial charge < -0.3 is 4.90 Å². The van der Waals surface area contributed by atoms with E-state index in [2.05, 4.69) is 58.2 Å². The van der Waals surface area contributed by atoms with E-state index >= 15 is 0 Å². The maximum atomic E-state index is 12.6. The number of sulfonamides is 1. The fourth-order valence-electron chi connectivity index (χ4n) is 5.76. The van der Waals surface area contributed by atoms with E-state index in [1.807, 2.05) is 23.9 Å². The summed E-state index contributed by atoms with van der Waals surface area (Å²) in [6, 6.07) is 28.2. The van der Waals surface area contributed by atoms with Gasteiger partial charge in [0.25, 0.3) is 0 Å². The molecule has 1 atom stereocenters. The van der Waals surface area contributed by atoms with E-state index in [0.717, 1.165) is 25.8 Å². The van der Waals surface area contributed by atoms with Crippen LogP contribution >= 0.6 is 11.8 Å². The first-order valence-corrected chi connectivity index (χ1v) is 15.6. The number of hydrogen-bond acceptors (Lipinski definition) is 4. The van der Waals surface area contributed by atoms with Crippen LogP contribution in [0, 0.1) is 0 Å². The lowest BCUT2D eigenvalue weighted by Gasteiger charge is -2.39. The summed E-state index contributed by atoms with van der Waals surface area (Å²) >= 11 is 2.03. The second-order valence-corrected chi connectivity index (χ2v) is 12.9. The predicted octanol–water partition coefficient (Wildman–Crippen LogP) is 6.06. The van der Waals surface area contributed by atoms with Crippen LogP contribution in [0.5, 0.6) is 0 Å². The van der Waals surface area contributed by atoms with E-state index in [4.69, 9.17) is 0 Å². The predicted molar refractivity (Wildman–Crippen MR) is 149 cm³/mol. The Hall–Kier alpha value is -2.12. The Balaban J connectivity index is 1.13. The molecule has 5 rings (SSSR count). The Morgan fingerprint density at radius 1 is 0.861 bits per heavy atom. The molecular formula is C30H36N2O2S2. The van der Waals surface area contributed by atoms with Gasteiger partial charge in [-0.15, -0.1) is 11.8 Å². The molecular weight excluding hydrogens is 484 g/mol. The molecule has 0 saturated carbocycles.